The van der Waals surface area contributed by atoms with Crippen LogP contribution in [0.4, 0.5) is 0 Å². The molecule has 39 heavy (non-hydrogen) atoms. The van der Waals surface area contributed by atoms with Crippen LogP contribution >= 0.6 is 0 Å². The number of rotatable bonds is 9. The summed E-state index contributed by atoms with van der Waals surface area (Å²) in [5.41, 5.74) is 19.0. The second-order valence-electron chi connectivity index (χ2n) is 10.4. The summed E-state index contributed by atoms with van der Waals surface area (Å²) in [4.78, 5) is 46.5. The van der Waals surface area contributed by atoms with Crippen LogP contribution in [0.1, 0.15) is 56.2 Å². The first kappa shape index (κ1) is 28.1. The van der Waals surface area contributed by atoms with Gasteiger partial charge in [0.25, 0.3) is 0 Å². The number of hydrogen-bond donors (Lipinski definition) is 5. The molecular weight excluding hydrogens is 494 g/mol. The topological polar surface area (TPSA) is 169 Å². The summed E-state index contributed by atoms with van der Waals surface area (Å²) in [6.45, 7) is 2.00. The molecule has 8 N–H and O–H groups in total. The molecule has 10 nitrogen and oxygen atoms in total. The van der Waals surface area contributed by atoms with Gasteiger partial charge in [0.05, 0.1) is 12.1 Å². The van der Waals surface area contributed by atoms with Gasteiger partial charge >= 0.3 is 0 Å². The van der Waals surface area contributed by atoms with Crippen LogP contribution in [0.3, 0.4) is 0 Å². The van der Waals surface area contributed by atoms with Crippen LogP contribution < -0.4 is 27.8 Å². The van der Waals surface area contributed by atoms with Gasteiger partial charge < -0.3 is 32.7 Å². The van der Waals surface area contributed by atoms with Gasteiger partial charge in [-0.3, -0.25) is 19.4 Å². The number of nitrogens with one attached hydrogen (secondary N) is 2. The zero-order valence-corrected chi connectivity index (χ0v) is 22.3. The molecule has 5 atom stereocenters. The number of aliphatic imine (C=N–C) groups is 1. The lowest BCUT2D eigenvalue weighted by molar-refractivity contribution is -0.143. The monoisotopic (exact) mass is 533 g/mol. The van der Waals surface area contributed by atoms with Crippen molar-refractivity contribution >= 4 is 23.7 Å². The highest BCUT2D eigenvalue weighted by atomic mass is 16.2. The Balaban J connectivity index is 1.60. The number of carbonyl (C=O) groups excluding carboxylic acids is 3. The van der Waals surface area contributed by atoms with E-state index in [1.807, 2.05) is 67.6 Å². The third-order valence-corrected chi connectivity index (χ3v) is 7.80. The van der Waals surface area contributed by atoms with Gasteiger partial charge in [0.2, 0.25) is 17.7 Å². The second kappa shape index (κ2) is 12.8. The Morgan fingerprint density at radius 1 is 0.974 bits per heavy atom. The Bertz CT molecular complexity index is 1130. The fourth-order valence-corrected chi connectivity index (χ4v) is 5.63. The molecule has 0 saturated carbocycles. The standard InChI is InChI=1S/C29H39N7O3/c1-2-22(30)26(37)35-25-20(17-33-29(31)32)13-14-21-15-16-23(36(21)28(25)39)27(38)34-24(18-9-5-3-6-10-18)19-11-7-4-8-12-19/h3-12,20-25H,2,13-17,30H2,1H3,(H,34,38)(H,35,37)(H4,31,32,33). The van der Waals surface area contributed by atoms with Crippen molar-refractivity contribution in [3.05, 3.63) is 71.8 Å². The van der Waals surface area contributed by atoms with E-state index < -0.39 is 24.0 Å². The molecule has 208 valence electrons. The Morgan fingerprint density at radius 3 is 2.13 bits per heavy atom. The molecule has 2 saturated heterocycles. The van der Waals surface area contributed by atoms with Crippen molar-refractivity contribution < 1.29 is 14.4 Å². The van der Waals surface area contributed by atoms with E-state index in [1.165, 1.54) is 0 Å². The summed E-state index contributed by atoms with van der Waals surface area (Å²) in [5, 5.41) is 6.06. The molecule has 0 radical (unpaired) electrons. The number of amides is 3. The maximum Gasteiger partial charge on any atom is 0.246 e. The number of benzene rings is 2. The molecule has 2 aromatic carbocycles. The molecule has 0 bridgehead atoms. The molecule has 2 aromatic rings. The first-order chi connectivity index (χ1) is 18.8. The molecule has 2 aliphatic heterocycles. The van der Waals surface area contributed by atoms with Crippen molar-refractivity contribution in [2.45, 2.75) is 69.2 Å². The lowest BCUT2D eigenvalue weighted by atomic mass is 9.93. The van der Waals surface area contributed by atoms with Crippen LogP contribution in [0.15, 0.2) is 65.7 Å². The van der Waals surface area contributed by atoms with Crippen LogP contribution in [-0.2, 0) is 14.4 Å². The third-order valence-electron chi connectivity index (χ3n) is 7.80. The number of nitrogens with two attached hydrogens (primary N) is 3. The summed E-state index contributed by atoms with van der Waals surface area (Å²) in [6.07, 6.45) is 3.00. The summed E-state index contributed by atoms with van der Waals surface area (Å²) in [7, 11) is 0. The van der Waals surface area contributed by atoms with Gasteiger partial charge in [0.1, 0.15) is 12.1 Å². The highest BCUT2D eigenvalue weighted by molar-refractivity contribution is 5.94. The minimum atomic E-state index is -0.879. The van der Waals surface area contributed by atoms with Crippen molar-refractivity contribution in [1.29, 1.82) is 0 Å². The Morgan fingerprint density at radius 2 is 1.56 bits per heavy atom. The fourth-order valence-electron chi connectivity index (χ4n) is 5.63. The fraction of sp³-hybridized carbons (Fsp3) is 0.448. The number of fused-ring (bicyclic) bond motifs is 1. The number of carbonyl (C=O) groups is 3. The van der Waals surface area contributed by atoms with E-state index in [2.05, 4.69) is 15.6 Å². The Labute approximate surface area is 229 Å². The first-order valence-corrected chi connectivity index (χ1v) is 13.6. The van der Waals surface area contributed by atoms with Gasteiger partial charge in [-0.15, -0.1) is 0 Å². The second-order valence-corrected chi connectivity index (χ2v) is 10.4. The molecule has 0 aromatic heterocycles. The predicted octanol–water partition coefficient (Wildman–Crippen LogP) is 1.16. The maximum absolute atomic E-state index is 14.0. The number of hydrogen-bond acceptors (Lipinski definition) is 5. The van der Waals surface area contributed by atoms with Crippen molar-refractivity contribution in [2.24, 2.45) is 28.1 Å². The van der Waals surface area contributed by atoms with Gasteiger partial charge in [-0.05, 0) is 43.2 Å². The normalized spacial score (nSPS) is 23.5. The molecule has 5 unspecified atom stereocenters. The van der Waals surface area contributed by atoms with Crippen molar-refractivity contribution in [3.63, 3.8) is 0 Å². The van der Waals surface area contributed by atoms with E-state index in [9.17, 15) is 14.4 Å². The van der Waals surface area contributed by atoms with Crippen LogP contribution in [0, 0.1) is 5.92 Å². The minimum absolute atomic E-state index is 0.0762. The van der Waals surface area contributed by atoms with E-state index in [0.29, 0.717) is 32.1 Å². The molecular formula is C29H39N7O3. The minimum Gasteiger partial charge on any atom is -0.370 e. The number of guanidine groups is 1. The molecule has 2 aliphatic rings. The van der Waals surface area contributed by atoms with Gasteiger partial charge in [-0.1, -0.05) is 67.6 Å². The average molecular weight is 534 g/mol. The van der Waals surface area contributed by atoms with E-state index in [1.54, 1.807) is 4.90 Å². The zero-order chi connectivity index (χ0) is 27.9. The summed E-state index contributed by atoms with van der Waals surface area (Å²) in [6, 6.07) is 16.8. The Kier molecular flexibility index (Phi) is 9.19. The quantitative estimate of drug-likeness (QED) is 0.239. The molecule has 0 spiro atoms. The summed E-state index contributed by atoms with van der Waals surface area (Å²) >= 11 is 0. The molecule has 2 fully saturated rings. The predicted molar refractivity (Wildman–Crippen MR) is 150 cm³/mol. The summed E-state index contributed by atoms with van der Waals surface area (Å²) in [5.74, 6) is -1.31. The van der Waals surface area contributed by atoms with Crippen LogP contribution in [0.5, 0.6) is 0 Å². The highest BCUT2D eigenvalue weighted by Crippen LogP contribution is 2.35. The molecule has 3 amide bonds. The first-order valence-electron chi connectivity index (χ1n) is 13.6. The van der Waals surface area contributed by atoms with Crippen molar-refractivity contribution in [2.75, 3.05) is 6.54 Å². The highest BCUT2D eigenvalue weighted by Gasteiger charge is 2.47. The van der Waals surface area contributed by atoms with Crippen LogP contribution in [-0.4, -0.2) is 59.3 Å². The molecule has 10 heteroatoms. The van der Waals surface area contributed by atoms with Crippen molar-refractivity contribution in [1.82, 2.24) is 15.5 Å². The van der Waals surface area contributed by atoms with Crippen LogP contribution in [0.25, 0.3) is 0 Å². The Hall–Kier alpha value is -3.92. The lowest BCUT2D eigenvalue weighted by Crippen LogP contribution is -2.58. The van der Waals surface area contributed by atoms with Gasteiger partial charge in [0, 0.05) is 18.5 Å². The summed E-state index contributed by atoms with van der Waals surface area (Å²) < 4.78 is 0. The molecule has 4 rings (SSSR count). The third kappa shape index (κ3) is 6.57. The van der Waals surface area contributed by atoms with Crippen molar-refractivity contribution in [3.8, 4) is 0 Å². The largest absolute Gasteiger partial charge is 0.370 e. The number of nitrogens with zero attached hydrogens (tertiary/aromatic N) is 2. The SMILES string of the molecule is CCC(N)C(=O)NC1C(=O)N2C(CCC1CN=C(N)N)CCC2C(=O)NC(c1ccccc1)c1ccccc1. The average Bonchev–Trinajstić information content (AvgIpc) is 3.33. The van der Waals surface area contributed by atoms with Gasteiger partial charge in [0.15, 0.2) is 5.96 Å². The molecule has 2 heterocycles. The van der Waals surface area contributed by atoms with E-state index in [-0.39, 0.29) is 42.3 Å². The van der Waals surface area contributed by atoms with E-state index in [4.69, 9.17) is 17.2 Å². The molecule has 0 aliphatic carbocycles. The van der Waals surface area contributed by atoms with Gasteiger partial charge in [-0.25, -0.2) is 0 Å². The maximum atomic E-state index is 14.0. The van der Waals surface area contributed by atoms with Crippen LogP contribution in [0.2, 0.25) is 0 Å². The zero-order valence-electron chi connectivity index (χ0n) is 22.3. The van der Waals surface area contributed by atoms with E-state index >= 15 is 0 Å². The lowest BCUT2D eigenvalue weighted by Gasteiger charge is -2.33. The van der Waals surface area contributed by atoms with Gasteiger partial charge in [-0.2, -0.15) is 0 Å². The smallest absolute Gasteiger partial charge is 0.246 e. The van der Waals surface area contributed by atoms with E-state index in [0.717, 1.165) is 11.1 Å².